The van der Waals surface area contributed by atoms with Gasteiger partial charge >= 0.3 is 14.5 Å². The van der Waals surface area contributed by atoms with Crippen LogP contribution in [-0.2, 0) is 8.23 Å². The fraction of sp³-hybridized carbons (Fsp3) is 0.588. The molecule has 0 bridgehead atoms. The van der Waals surface area contributed by atoms with E-state index in [2.05, 4.69) is 52.8 Å². The highest BCUT2D eigenvalue weighted by molar-refractivity contribution is 6.87. The average Bonchev–Trinajstić information content (AvgIpc) is 2.35. The second-order valence-corrected chi connectivity index (χ2v) is 20.8. The summed E-state index contributed by atoms with van der Waals surface area (Å²) in [7, 11) is -5.87. The molecule has 1 unspecified atom stereocenters. The minimum absolute atomic E-state index is 0.317. The molecule has 0 aliphatic heterocycles. The lowest BCUT2D eigenvalue weighted by Gasteiger charge is -2.41. The third-order valence-electron chi connectivity index (χ3n) is 3.87. The van der Waals surface area contributed by atoms with Crippen LogP contribution in [0.2, 0.25) is 45.8 Å². The van der Waals surface area contributed by atoms with Crippen LogP contribution in [0.1, 0.15) is 34.8 Å². The number of hydrogen-bond donors (Lipinski definition) is 1. The molecule has 1 aromatic carbocycles. The maximum Gasteiger partial charge on any atom is 0.335 e. The van der Waals surface area contributed by atoms with Crippen LogP contribution >= 0.6 is 0 Å². The molecule has 0 fully saturated rings. The van der Waals surface area contributed by atoms with Crippen LogP contribution in [-0.4, -0.2) is 36.3 Å². The average molecular weight is 385 g/mol. The normalized spacial score (nSPS) is 14.5. The number of benzene rings is 1. The molecule has 4 nitrogen and oxygen atoms in total. The van der Waals surface area contributed by atoms with Crippen molar-refractivity contribution in [1.82, 2.24) is 0 Å². The van der Waals surface area contributed by atoms with Gasteiger partial charge in [-0.15, -0.1) is 0 Å². The van der Waals surface area contributed by atoms with Gasteiger partial charge in [-0.25, -0.2) is 4.79 Å². The van der Waals surface area contributed by atoms with Crippen molar-refractivity contribution in [2.75, 3.05) is 0 Å². The van der Waals surface area contributed by atoms with E-state index in [9.17, 15) is 4.79 Å². The zero-order valence-electron chi connectivity index (χ0n) is 16.3. The fourth-order valence-corrected chi connectivity index (χ4v) is 17.5. The van der Waals surface area contributed by atoms with Gasteiger partial charge in [0.15, 0.2) is 16.6 Å². The Hall–Kier alpha value is -0.739. The summed E-state index contributed by atoms with van der Waals surface area (Å²) < 4.78 is 13.0. The lowest BCUT2D eigenvalue weighted by molar-refractivity contribution is 0.0697. The lowest BCUT2D eigenvalue weighted by Crippen LogP contribution is -2.53. The summed E-state index contributed by atoms with van der Waals surface area (Å²) in [6.45, 7) is 17.5. The van der Waals surface area contributed by atoms with Crippen LogP contribution in [0.25, 0.3) is 0 Å². The molecule has 1 rings (SSSR count). The Balaban J connectivity index is 3.02. The largest absolute Gasteiger partial charge is 0.478 e. The first-order valence-corrected chi connectivity index (χ1v) is 17.7. The smallest absolute Gasteiger partial charge is 0.335 e. The summed E-state index contributed by atoms with van der Waals surface area (Å²) in [6.07, 6.45) is 0.975. The molecule has 0 amide bonds. The van der Waals surface area contributed by atoms with Gasteiger partial charge in [0.1, 0.15) is 0 Å². The summed E-state index contributed by atoms with van der Waals surface area (Å²) in [5, 5.41) is 9.07. The van der Waals surface area contributed by atoms with E-state index in [1.54, 1.807) is 12.1 Å². The number of aromatic carboxylic acids is 1. The van der Waals surface area contributed by atoms with Crippen LogP contribution in [0.4, 0.5) is 0 Å². The van der Waals surface area contributed by atoms with E-state index >= 15 is 0 Å². The minimum atomic E-state index is -2.19. The highest BCUT2D eigenvalue weighted by Gasteiger charge is 2.42. The molecule has 24 heavy (non-hydrogen) atoms. The van der Waals surface area contributed by atoms with Gasteiger partial charge in [-0.1, -0.05) is 19.1 Å². The standard InChI is InChI=1S/C17H32O4Si3/c1-9-16(14-10-12-15(13-11-14)17(18)19)23(5,6)21-24(7,8)20-22(2,3)4/h10-13,16H,9H2,1-8H3,(H,18,19). The second-order valence-electron chi connectivity index (χ2n) is 8.21. The zero-order chi connectivity index (χ0) is 18.8. The summed E-state index contributed by atoms with van der Waals surface area (Å²) in [5.41, 5.74) is 1.81. The van der Waals surface area contributed by atoms with Gasteiger partial charge in [0.05, 0.1) is 5.56 Å². The van der Waals surface area contributed by atoms with Crippen molar-refractivity contribution in [3.05, 3.63) is 35.4 Å². The lowest BCUT2D eigenvalue weighted by atomic mass is 10.1. The molecule has 0 radical (unpaired) electrons. The van der Waals surface area contributed by atoms with E-state index in [0.29, 0.717) is 11.1 Å². The van der Waals surface area contributed by atoms with E-state index in [4.69, 9.17) is 13.3 Å². The topological polar surface area (TPSA) is 55.8 Å². The monoisotopic (exact) mass is 384 g/mol. The fourth-order valence-electron chi connectivity index (χ4n) is 3.45. The molecule has 1 aromatic rings. The minimum Gasteiger partial charge on any atom is -0.478 e. The number of carboxylic acids is 1. The van der Waals surface area contributed by atoms with E-state index in [1.807, 2.05) is 12.1 Å². The summed E-state index contributed by atoms with van der Waals surface area (Å²) in [6, 6.07) is 7.24. The molecule has 0 spiro atoms. The van der Waals surface area contributed by atoms with Crippen LogP contribution in [0, 0.1) is 0 Å². The molecule has 7 heteroatoms. The molecular formula is C17H32O4Si3. The third-order valence-corrected chi connectivity index (χ3v) is 14.8. The number of carbonyl (C=O) groups is 1. The van der Waals surface area contributed by atoms with Crippen LogP contribution in [0.3, 0.4) is 0 Å². The molecule has 0 heterocycles. The van der Waals surface area contributed by atoms with E-state index in [1.165, 1.54) is 0 Å². The van der Waals surface area contributed by atoms with Crippen molar-refractivity contribution >= 4 is 31.2 Å². The van der Waals surface area contributed by atoms with Gasteiger partial charge in [-0.3, -0.25) is 0 Å². The van der Waals surface area contributed by atoms with Crippen molar-refractivity contribution in [1.29, 1.82) is 0 Å². The second kappa shape index (κ2) is 7.65. The van der Waals surface area contributed by atoms with Crippen molar-refractivity contribution in [2.24, 2.45) is 0 Å². The molecule has 136 valence electrons. The quantitative estimate of drug-likeness (QED) is 0.626. The van der Waals surface area contributed by atoms with E-state index in [-0.39, 0.29) is 0 Å². The molecule has 0 aliphatic carbocycles. The van der Waals surface area contributed by atoms with Crippen LogP contribution in [0.5, 0.6) is 0 Å². The van der Waals surface area contributed by atoms with Gasteiger partial charge in [0, 0.05) is 5.54 Å². The molecule has 0 saturated carbocycles. The van der Waals surface area contributed by atoms with Gasteiger partial charge < -0.3 is 13.3 Å². The van der Waals surface area contributed by atoms with Gasteiger partial charge in [-0.05, 0) is 69.9 Å². The Kier molecular flexibility index (Phi) is 6.79. The molecule has 0 aliphatic rings. The molecule has 1 N–H and O–H groups in total. The highest BCUT2D eigenvalue weighted by Crippen LogP contribution is 2.34. The Bertz CT molecular complexity index is 562. The first-order chi connectivity index (χ1) is 10.8. The molecule has 0 saturated heterocycles. The summed E-state index contributed by atoms with van der Waals surface area (Å²) in [4.78, 5) is 11.0. The first kappa shape index (κ1) is 21.3. The Morgan fingerprint density at radius 2 is 1.50 bits per heavy atom. The Labute approximate surface area is 149 Å². The van der Waals surface area contributed by atoms with Crippen molar-refractivity contribution in [2.45, 2.75) is 64.7 Å². The maximum atomic E-state index is 11.0. The van der Waals surface area contributed by atoms with Gasteiger partial charge in [-0.2, -0.15) is 0 Å². The first-order valence-electron chi connectivity index (χ1n) is 8.51. The molecular weight excluding hydrogens is 352 g/mol. The van der Waals surface area contributed by atoms with Crippen molar-refractivity contribution in [3.63, 3.8) is 0 Å². The third kappa shape index (κ3) is 6.29. The summed E-state index contributed by atoms with van der Waals surface area (Å²) >= 11 is 0. The molecule has 1 atom stereocenters. The maximum absolute atomic E-state index is 11.0. The summed E-state index contributed by atoms with van der Waals surface area (Å²) in [5.74, 6) is -0.889. The van der Waals surface area contributed by atoms with E-state index < -0.39 is 31.2 Å². The van der Waals surface area contributed by atoms with E-state index in [0.717, 1.165) is 12.0 Å². The van der Waals surface area contributed by atoms with Crippen LogP contribution < -0.4 is 0 Å². The Morgan fingerprint density at radius 3 is 1.88 bits per heavy atom. The van der Waals surface area contributed by atoms with Gasteiger partial charge in [0.2, 0.25) is 0 Å². The predicted octanol–water partition coefficient (Wildman–Crippen LogP) is 5.19. The number of rotatable bonds is 8. The van der Waals surface area contributed by atoms with Crippen molar-refractivity contribution < 1.29 is 18.1 Å². The number of carboxylic acid groups (broad SMARTS) is 1. The zero-order valence-corrected chi connectivity index (χ0v) is 19.3. The van der Waals surface area contributed by atoms with Crippen LogP contribution in [0.15, 0.2) is 24.3 Å². The van der Waals surface area contributed by atoms with Gasteiger partial charge in [0.25, 0.3) is 0 Å². The highest BCUT2D eigenvalue weighted by atomic mass is 28.5. The molecule has 0 aromatic heterocycles. The SMILES string of the molecule is CCC(c1ccc(C(=O)O)cc1)[Si](C)(C)O[Si](C)(C)O[Si](C)(C)C. The predicted molar refractivity (Wildman–Crippen MR) is 107 cm³/mol. The van der Waals surface area contributed by atoms with Crippen molar-refractivity contribution in [3.8, 4) is 0 Å². The Morgan fingerprint density at radius 1 is 1.00 bits per heavy atom. The number of hydrogen-bond acceptors (Lipinski definition) is 3.